The van der Waals surface area contributed by atoms with E-state index >= 15 is 0 Å². The van der Waals surface area contributed by atoms with E-state index in [0.717, 1.165) is 18.2 Å². The minimum absolute atomic E-state index is 0.243. The molecule has 0 aliphatic rings. The van der Waals surface area contributed by atoms with E-state index in [9.17, 15) is 22.8 Å². The molecule has 1 aromatic heterocycles. The lowest BCUT2D eigenvalue weighted by molar-refractivity contribution is -0.136. The first kappa shape index (κ1) is 12.2. The second-order valence-electron chi connectivity index (χ2n) is 3.59. The van der Waals surface area contributed by atoms with E-state index in [-0.39, 0.29) is 16.3 Å². The van der Waals surface area contributed by atoms with Crippen LogP contribution in [-0.2, 0) is 6.18 Å². The summed E-state index contributed by atoms with van der Waals surface area (Å²) in [5, 5.41) is 8.11. The fraction of sp³-hybridized carbons (Fsp3) is 0.0909. The zero-order valence-electron chi connectivity index (χ0n) is 8.71. The van der Waals surface area contributed by atoms with Crippen LogP contribution < -0.4 is 5.56 Å². The van der Waals surface area contributed by atoms with Gasteiger partial charge in [-0.05, 0) is 12.1 Å². The highest BCUT2D eigenvalue weighted by atomic mass is 19.4. The smallest absolute Gasteiger partial charge is 0.418 e. The number of halogens is 3. The molecule has 4 nitrogen and oxygen atoms in total. The summed E-state index contributed by atoms with van der Waals surface area (Å²) in [7, 11) is 0. The Balaban J connectivity index is 2.85. The Labute approximate surface area is 97.7 Å². The number of hydrogen-bond donors (Lipinski definition) is 2. The fourth-order valence-corrected chi connectivity index (χ4v) is 1.63. The van der Waals surface area contributed by atoms with E-state index in [1.54, 1.807) is 0 Å². The van der Waals surface area contributed by atoms with E-state index in [1.165, 1.54) is 0 Å². The second kappa shape index (κ2) is 3.86. The summed E-state index contributed by atoms with van der Waals surface area (Å²) >= 11 is 0. The summed E-state index contributed by atoms with van der Waals surface area (Å²) in [6.07, 6.45) is -4.04. The van der Waals surface area contributed by atoms with E-state index in [4.69, 9.17) is 5.11 Å². The molecule has 7 heteroatoms. The number of carboxylic acids is 1. The summed E-state index contributed by atoms with van der Waals surface area (Å²) in [6, 6.07) is 2.93. The minimum atomic E-state index is -4.62. The van der Waals surface area contributed by atoms with Crippen molar-refractivity contribution in [2.24, 2.45) is 0 Å². The van der Waals surface area contributed by atoms with Crippen LogP contribution in [0.15, 0.2) is 29.2 Å². The first-order valence-corrected chi connectivity index (χ1v) is 4.76. The van der Waals surface area contributed by atoms with Gasteiger partial charge in [-0.1, -0.05) is 6.07 Å². The van der Waals surface area contributed by atoms with Gasteiger partial charge in [0.25, 0.3) is 5.56 Å². The molecule has 2 rings (SSSR count). The number of rotatable bonds is 1. The number of carboxylic acid groups (broad SMARTS) is 1. The highest BCUT2D eigenvalue weighted by Crippen LogP contribution is 2.33. The van der Waals surface area contributed by atoms with Gasteiger partial charge in [0.1, 0.15) is 0 Å². The van der Waals surface area contributed by atoms with Gasteiger partial charge >= 0.3 is 12.1 Å². The largest absolute Gasteiger partial charge is 0.478 e. The van der Waals surface area contributed by atoms with Crippen LogP contribution in [0.4, 0.5) is 13.2 Å². The lowest BCUT2D eigenvalue weighted by atomic mass is 10.0. The quantitative estimate of drug-likeness (QED) is 0.823. The zero-order valence-corrected chi connectivity index (χ0v) is 8.71. The van der Waals surface area contributed by atoms with Crippen molar-refractivity contribution in [1.82, 2.24) is 4.98 Å². The maximum absolute atomic E-state index is 12.7. The molecule has 2 N–H and O–H groups in total. The molecule has 0 saturated carbocycles. The van der Waals surface area contributed by atoms with Crippen LogP contribution in [0, 0.1) is 0 Å². The number of H-pyrrole nitrogens is 1. The molecule has 1 heterocycles. The van der Waals surface area contributed by atoms with Crippen molar-refractivity contribution in [2.75, 3.05) is 0 Å². The normalized spacial score (nSPS) is 11.7. The molecule has 2 aromatic rings. The van der Waals surface area contributed by atoms with Crippen molar-refractivity contribution >= 4 is 16.7 Å². The molecular formula is C11H6F3NO3. The van der Waals surface area contributed by atoms with Crippen molar-refractivity contribution in [1.29, 1.82) is 0 Å². The number of benzene rings is 1. The SMILES string of the molecule is O=C(O)c1ccc2c(C(F)(F)F)c[nH]c(=O)c2c1. The summed E-state index contributed by atoms with van der Waals surface area (Å²) in [5.74, 6) is -1.31. The average molecular weight is 257 g/mol. The van der Waals surface area contributed by atoms with Crippen LogP contribution in [0.1, 0.15) is 15.9 Å². The predicted molar refractivity (Wildman–Crippen MR) is 56.5 cm³/mol. The number of aromatic amines is 1. The first-order chi connectivity index (χ1) is 8.30. The van der Waals surface area contributed by atoms with Crippen LogP contribution in [0.5, 0.6) is 0 Å². The Bertz CT molecular complexity index is 688. The van der Waals surface area contributed by atoms with E-state index in [2.05, 4.69) is 0 Å². The average Bonchev–Trinajstić information content (AvgIpc) is 2.27. The molecule has 0 saturated heterocycles. The van der Waals surface area contributed by atoms with Gasteiger partial charge in [-0.25, -0.2) is 4.79 Å². The first-order valence-electron chi connectivity index (χ1n) is 4.76. The highest BCUT2D eigenvalue weighted by molar-refractivity contribution is 5.95. The predicted octanol–water partition coefficient (Wildman–Crippen LogP) is 2.25. The zero-order chi connectivity index (χ0) is 13.5. The van der Waals surface area contributed by atoms with Gasteiger partial charge in [0.05, 0.1) is 11.1 Å². The molecule has 0 atom stereocenters. The standard InChI is InChI=1S/C11H6F3NO3/c12-11(13,14)8-4-15-9(16)7-3-5(10(17)18)1-2-6(7)8/h1-4H,(H,15,16)(H,17,18). The molecule has 0 radical (unpaired) electrons. The molecule has 0 bridgehead atoms. The summed E-state index contributed by atoms with van der Waals surface area (Å²) in [5.41, 5.74) is -2.01. The monoisotopic (exact) mass is 257 g/mol. The number of nitrogens with one attached hydrogen (secondary N) is 1. The van der Waals surface area contributed by atoms with Crippen LogP contribution in [-0.4, -0.2) is 16.1 Å². The minimum Gasteiger partial charge on any atom is -0.478 e. The molecular weight excluding hydrogens is 251 g/mol. The molecule has 0 unspecified atom stereocenters. The molecule has 0 aliphatic heterocycles. The Kier molecular flexibility index (Phi) is 2.61. The Hall–Kier alpha value is -2.31. The summed E-state index contributed by atoms with van der Waals surface area (Å²) < 4.78 is 38.0. The number of fused-ring (bicyclic) bond motifs is 1. The van der Waals surface area contributed by atoms with Crippen LogP contribution >= 0.6 is 0 Å². The molecule has 0 aliphatic carbocycles. The summed E-state index contributed by atoms with van der Waals surface area (Å²) in [4.78, 5) is 24.1. The number of aromatic carboxylic acids is 1. The Morgan fingerprint density at radius 2 is 1.89 bits per heavy atom. The van der Waals surface area contributed by atoms with Gasteiger partial charge in [-0.3, -0.25) is 4.79 Å². The van der Waals surface area contributed by atoms with Crippen molar-refractivity contribution in [3.63, 3.8) is 0 Å². The number of pyridine rings is 1. The number of carbonyl (C=O) groups is 1. The topological polar surface area (TPSA) is 70.2 Å². The Morgan fingerprint density at radius 1 is 1.22 bits per heavy atom. The lowest BCUT2D eigenvalue weighted by Crippen LogP contribution is -2.14. The fourth-order valence-electron chi connectivity index (χ4n) is 1.63. The van der Waals surface area contributed by atoms with Gasteiger partial charge in [0.2, 0.25) is 0 Å². The second-order valence-corrected chi connectivity index (χ2v) is 3.59. The lowest BCUT2D eigenvalue weighted by Gasteiger charge is -2.09. The van der Waals surface area contributed by atoms with Crippen LogP contribution in [0.25, 0.3) is 10.8 Å². The van der Waals surface area contributed by atoms with E-state index in [1.807, 2.05) is 4.98 Å². The van der Waals surface area contributed by atoms with Crippen LogP contribution in [0.2, 0.25) is 0 Å². The third kappa shape index (κ3) is 1.94. The van der Waals surface area contributed by atoms with Gasteiger partial charge in [0, 0.05) is 17.0 Å². The maximum Gasteiger partial charge on any atom is 0.418 e. The molecule has 94 valence electrons. The molecule has 18 heavy (non-hydrogen) atoms. The van der Waals surface area contributed by atoms with Crippen molar-refractivity contribution < 1.29 is 23.1 Å². The van der Waals surface area contributed by atoms with Crippen molar-refractivity contribution in [2.45, 2.75) is 6.18 Å². The third-order valence-electron chi connectivity index (χ3n) is 2.45. The van der Waals surface area contributed by atoms with Gasteiger partial charge < -0.3 is 10.1 Å². The molecule has 0 spiro atoms. The van der Waals surface area contributed by atoms with Crippen LogP contribution in [0.3, 0.4) is 0 Å². The van der Waals surface area contributed by atoms with Crippen molar-refractivity contribution in [3.8, 4) is 0 Å². The molecule has 0 fully saturated rings. The highest BCUT2D eigenvalue weighted by Gasteiger charge is 2.33. The van der Waals surface area contributed by atoms with Gasteiger partial charge in [-0.2, -0.15) is 13.2 Å². The van der Waals surface area contributed by atoms with Gasteiger partial charge in [-0.15, -0.1) is 0 Å². The molecule has 0 amide bonds. The molecule has 1 aromatic carbocycles. The maximum atomic E-state index is 12.7. The number of alkyl halides is 3. The third-order valence-corrected chi connectivity index (χ3v) is 2.45. The van der Waals surface area contributed by atoms with E-state index in [0.29, 0.717) is 6.20 Å². The summed E-state index contributed by atoms with van der Waals surface area (Å²) in [6.45, 7) is 0. The van der Waals surface area contributed by atoms with Crippen molar-refractivity contribution in [3.05, 3.63) is 45.9 Å². The number of hydrogen-bond acceptors (Lipinski definition) is 2. The van der Waals surface area contributed by atoms with E-state index < -0.39 is 23.3 Å². The van der Waals surface area contributed by atoms with Gasteiger partial charge in [0.15, 0.2) is 0 Å². The number of aromatic nitrogens is 1. The Morgan fingerprint density at radius 3 is 2.44 bits per heavy atom.